The molecule has 0 aromatic carbocycles. The summed E-state index contributed by atoms with van der Waals surface area (Å²) in [4.78, 5) is 0. The monoisotopic (exact) mass is 182 g/mol. The zero-order valence-electron chi connectivity index (χ0n) is 8.83. The Morgan fingerprint density at radius 2 is 2.08 bits per heavy atom. The maximum atomic E-state index is 9.24. The molecule has 0 bridgehead atoms. The van der Waals surface area contributed by atoms with E-state index in [2.05, 4.69) is 18.9 Å². The number of aliphatic hydroxyl groups is 1. The molecule has 1 aromatic heterocycles. The van der Waals surface area contributed by atoms with Gasteiger partial charge in [-0.15, -0.1) is 0 Å². The number of rotatable bonds is 3. The highest BCUT2D eigenvalue weighted by molar-refractivity contribution is 5.24. The SMILES string of the molecule is CCc1c(C)nn(C[C@H](C)O)c1C. The summed E-state index contributed by atoms with van der Waals surface area (Å²) in [6.45, 7) is 8.57. The van der Waals surface area contributed by atoms with E-state index >= 15 is 0 Å². The third-order valence-electron chi connectivity index (χ3n) is 2.32. The number of aromatic nitrogens is 2. The van der Waals surface area contributed by atoms with Gasteiger partial charge in [0.05, 0.1) is 18.3 Å². The molecule has 74 valence electrons. The molecular weight excluding hydrogens is 164 g/mol. The van der Waals surface area contributed by atoms with Gasteiger partial charge in [0.25, 0.3) is 0 Å². The Hall–Kier alpha value is -0.830. The van der Waals surface area contributed by atoms with Crippen LogP contribution in [0.15, 0.2) is 0 Å². The minimum absolute atomic E-state index is 0.331. The average molecular weight is 182 g/mol. The number of nitrogens with zero attached hydrogens (tertiary/aromatic N) is 2. The lowest BCUT2D eigenvalue weighted by molar-refractivity contribution is 0.167. The van der Waals surface area contributed by atoms with Gasteiger partial charge < -0.3 is 5.11 Å². The topological polar surface area (TPSA) is 38.0 Å². The van der Waals surface area contributed by atoms with Crippen molar-refractivity contribution in [3.05, 3.63) is 17.0 Å². The van der Waals surface area contributed by atoms with E-state index in [1.165, 1.54) is 11.3 Å². The average Bonchev–Trinajstić information content (AvgIpc) is 2.26. The highest BCUT2D eigenvalue weighted by Gasteiger charge is 2.10. The van der Waals surface area contributed by atoms with E-state index in [0.717, 1.165) is 12.1 Å². The maximum Gasteiger partial charge on any atom is 0.0708 e. The Morgan fingerprint density at radius 3 is 2.46 bits per heavy atom. The molecule has 1 rings (SSSR count). The van der Waals surface area contributed by atoms with Gasteiger partial charge in [0.15, 0.2) is 0 Å². The molecule has 1 N–H and O–H groups in total. The molecule has 3 heteroatoms. The summed E-state index contributed by atoms with van der Waals surface area (Å²) in [5, 5.41) is 13.6. The molecule has 3 nitrogen and oxygen atoms in total. The first-order chi connectivity index (χ1) is 6.06. The zero-order valence-corrected chi connectivity index (χ0v) is 8.83. The van der Waals surface area contributed by atoms with Crippen molar-refractivity contribution < 1.29 is 5.11 Å². The lowest BCUT2D eigenvalue weighted by atomic mass is 10.1. The number of aliphatic hydroxyl groups excluding tert-OH is 1. The van der Waals surface area contributed by atoms with Crippen LogP contribution in [0.4, 0.5) is 0 Å². The highest BCUT2D eigenvalue weighted by Crippen LogP contribution is 2.13. The fraction of sp³-hybridized carbons (Fsp3) is 0.700. The van der Waals surface area contributed by atoms with Gasteiger partial charge >= 0.3 is 0 Å². The fourth-order valence-electron chi connectivity index (χ4n) is 1.67. The van der Waals surface area contributed by atoms with Gasteiger partial charge in [0.1, 0.15) is 0 Å². The van der Waals surface area contributed by atoms with E-state index in [9.17, 15) is 5.11 Å². The van der Waals surface area contributed by atoms with Crippen molar-refractivity contribution in [3.63, 3.8) is 0 Å². The summed E-state index contributed by atoms with van der Waals surface area (Å²) < 4.78 is 1.89. The van der Waals surface area contributed by atoms with Crippen LogP contribution in [0.1, 0.15) is 30.8 Å². The van der Waals surface area contributed by atoms with Crippen molar-refractivity contribution >= 4 is 0 Å². The molecule has 0 spiro atoms. The van der Waals surface area contributed by atoms with Crippen LogP contribution in [0.25, 0.3) is 0 Å². The van der Waals surface area contributed by atoms with Gasteiger partial charge in [0.2, 0.25) is 0 Å². The van der Waals surface area contributed by atoms with Gasteiger partial charge in [-0.05, 0) is 32.8 Å². The normalized spacial score (nSPS) is 13.3. The lowest BCUT2D eigenvalue weighted by Gasteiger charge is -2.06. The molecule has 0 aliphatic heterocycles. The van der Waals surface area contributed by atoms with Crippen LogP contribution in [0.2, 0.25) is 0 Å². The fourth-order valence-corrected chi connectivity index (χ4v) is 1.67. The zero-order chi connectivity index (χ0) is 10.0. The largest absolute Gasteiger partial charge is 0.391 e. The molecular formula is C10H18N2O. The summed E-state index contributed by atoms with van der Waals surface area (Å²) in [6.07, 6.45) is 0.681. The van der Waals surface area contributed by atoms with Gasteiger partial charge in [0, 0.05) is 5.69 Å². The summed E-state index contributed by atoms with van der Waals surface area (Å²) in [5.41, 5.74) is 3.57. The highest BCUT2D eigenvalue weighted by atomic mass is 16.3. The van der Waals surface area contributed by atoms with E-state index < -0.39 is 0 Å². The molecule has 0 saturated carbocycles. The minimum Gasteiger partial charge on any atom is -0.391 e. The van der Waals surface area contributed by atoms with E-state index in [1.807, 2.05) is 11.6 Å². The van der Waals surface area contributed by atoms with Crippen molar-refractivity contribution in [2.24, 2.45) is 0 Å². The molecule has 0 aliphatic carbocycles. The molecule has 0 radical (unpaired) electrons. The molecule has 0 amide bonds. The molecule has 13 heavy (non-hydrogen) atoms. The van der Waals surface area contributed by atoms with Crippen molar-refractivity contribution in [1.82, 2.24) is 9.78 Å². The second-order valence-electron chi connectivity index (χ2n) is 3.53. The third kappa shape index (κ3) is 2.10. The van der Waals surface area contributed by atoms with Gasteiger partial charge in [-0.25, -0.2) is 0 Å². The van der Waals surface area contributed by atoms with Crippen LogP contribution >= 0.6 is 0 Å². The van der Waals surface area contributed by atoms with Crippen LogP contribution in [0.3, 0.4) is 0 Å². The Morgan fingerprint density at radius 1 is 1.46 bits per heavy atom. The number of hydrogen-bond donors (Lipinski definition) is 1. The van der Waals surface area contributed by atoms with Crippen molar-refractivity contribution in [1.29, 1.82) is 0 Å². The predicted molar refractivity (Wildman–Crippen MR) is 52.8 cm³/mol. The van der Waals surface area contributed by atoms with Gasteiger partial charge in [-0.1, -0.05) is 6.92 Å². The third-order valence-corrected chi connectivity index (χ3v) is 2.32. The second-order valence-corrected chi connectivity index (χ2v) is 3.53. The van der Waals surface area contributed by atoms with Crippen molar-refractivity contribution in [2.45, 2.75) is 46.8 Å². The molecule has 1 aromatic rings. The Balaban J connectivity index is 2.96. The summed E-state index contributed by atoms with van der Waals surface area (Å²) >= 11 is 0. The first kappa shape index (κ1) is 10.3. The van der Waals surface area contributed by atoms with Gasteiger partial charge in [-0.3, -0.25) is 4.68 Å². The summed E-state index contributed by atoms with van der Waals surface area (Å²) in [6, 6.07) is 0. The Labute approximate surface area is 79.4 Å². The Kier molecular flexibility index (Phi) is 3.09. The first-order valence-corrected chi connectivity index (χ1v) is 4.77. The van der Waals surface area contributed by atoms with E-state index in [4.69, 9.17) is 0 Å². The van der Waals surface area contributed by atoms with Crippen LogP contribution in [0.5, 0.6) is 0 Å². The first-order valence-electron chi connectivity index (χ1n) is 4.77. The lowest BCUT2D eigenvalue weighted by Crippen LogP contribution is -2.14. The van der Waals surface area contributed by atoms with Crippen LogP contribution < -0.4 is 0 Å². The smallest absolute Gasteiger partial charge is 0.0708 e. The molecule has 0 fully saturated rings. The van der Waals surface area contributed by atoms with E-state index in [-0.39, 0.29) is 6.10 Å². The van der Waals surface area contributed by atoms with E-state index in [1.54, 1.807) is 6.92 Å². The van der Waals surface area contributed by atoms with Crippen LogP contribution in [0, 0.1) is 13.8 Å². The molecule has 1 atom stereocenters. The molecule has 0 saturated heterocycles. The van der Waals surface area contributed by atoms with Crippen LogP contribution in [-0.2, 0) is 13.0 Å². The molecule has 1 heterocycles. The maximum absolute atomic E-state index is 9.24. The number of hydrogen-bond acceptors (Lipinski definition) is 2. The quantitative estimate of drug-likeness (QED) is 0.768. The molecule has 0 aliphatic rings. The standard InChI is InChI=1S/C10H18N2O/c1-5-10-8(3)11-12(9(10)4)6-7(2)13/h7,13H,5-6H2,1-4H3/t7-/m0/s1. The van der Waals surface area contributed by atoms with Crippen molar-refractivity contribution in [2.75, 3.05) is 0 Å². The van der Waals surface area contributed by atoms with E-state index in [0.29, 0.717) is 6.54 Å². The molecule has 0 unspecified atom stereocenters. The second kappa shape index (κ2) is 3.92. The van der Waals surface area contributed by atoms with Crippen LogP contribution in [-0.4, -0.2) is 21.0 Å². The summed E-state index contributed by atoms with van der Waals surface area (Å²) in [7, 11) is 0. The van der Waals surface area contributed by atoms with Gasteiger partial charge in [-0.2, -0.15) is 5.10 Å². The predicted octanol–water partition coefficient (Wildman–Crippen LogP) is 1.44. The summed E-state index contributed by atoms with van der Waals surface area (Å²) in [5.74, 6) is 0. The Bertz CT molecular complexity index is 289. The van der Waals surface area contributed by atoms with Crippen molar-refractivity contribution in [3.8, 4) is 0 Å². The minimum atomic E-state index is -0.331. The number of aryl methyl sites for hydroxylation is 1.